The van der Waals surface area contributed by atoms with Crippen LogP contribution in [0.1, 0.15) is 31.3 Å². The van der Waals surface area contributed by atoms with Crippen LogP contribution < -0.4 is 0 Å². The average molecular weight is 420 g/mol. The number of esters is 1. The Morgan fingerprint density at radius 1 is 1.24 bits per heavy atom. The average Bonchev–Trinajstić information content (AvgIpc) is 3.16. The van der Waals surface area contributed by atoms with Gasteiger partial charge in [0.05, 0.1) is 18.4 Å². The number of halogens is 2. The number of carbonyl (C=O) groups is 1. The van der Waals surface area contributed by atoms with Crippen molar-refractivity contribution in [2.24, 2.45) is 0 Å². The Morgan fingerprint density at radius 2 is 2.00 bits per heavy atom. The fourth-order valence-corrected chi connectivity index (χ4v) is 3.33. The molecule has 0 spiro atoms. The summed E-state index contributed by atoms with van der Waals surface area (Å²) in [5.74, 6) is -0.342. The molecule has 3 aromatic rings. The van der Waals surface area contributed by atoms with Crippen molar-refractivity contribution in [1.29, 1.82) is 0 Å². The number of benzene rings is 2. The summed E-state index contributed by atoms with van der Waals surface area (Å²) < 4.78 is 6.27. The van der Waals surface area contributed by atoms with Crippen LogP contribution in [0.4, 0.5) is 0 Å². The normalized spacial score (nSPS) is 12.0. The third-order valence-corrected chi connectivity index (χ3v) is 4.66. The van der Waals surface area contributed by atoms with Gasteiger partial charge in [-0.2, -0.15) is 5.10 Å². The maximum atomic E-state index is 11.6. The molecule has 0 aliphatic carbocycles. The molecular formula is C19H16BrClN2O2. The number of alkyl halides is 2. The molecule has 1 atom stereocenters. The van der Waals surface area contributed by atoms with Crippen molar-refractivity contribution in [3.8, 4) is 5.69 Å². The third kappa shape index (κ3) is 3.94. The molecule has 1 aromatic heterocycles. The van der Waals surface area contributed by atoms with Gasteiger partial charge in [-0.15, -0.1) is 11.6 Å². The number of methoxy groups -OCH3 is 1. The van der Waals surface area contributed by atoms with Gasteiger partial charge in [0.25, 0.3) is 0 Å². The quantitative estimate of drug-likeness (QED) is 0.437. The Kier molecular flexibility index (Phi) is 5.56. The van der Waals surface area contributed by atoms with Gasteiger partial charge in [0.2, 0.25) is 0 Å². The summed E-state index contributed by atoms with van der Waals surface area (Å²) in [6.07, 6.45) is 4.32. The highest BCUT2D eigenvalue weighted by atomic mass is 79.9. The van der Waals surface area contributed by atoms with E-state index in [4.69, 9.17) is 16.3 Å². The second-order valence-corrected chi connectivity index (χ2v) is 7.34. The zero-order chi connectivity index (χ0) is 17.8. The van der Waals surface area contributed by atoms with Crippen LogP contribution in [-0.4, -0.2) is 22.9 Å². The predicted molar refractivity (Wildman–Crippen MR) is 102 cm³/mol. The monoisotopic (exact) mass is 418 g/mol. The predicted octanol–water partition coefficient (Wildman–Crippen LogP) is 4.88. The number of hydrogen-bond acceptors (Lipinski definition) is 3. The molecule has 0 saturated heterocycles. The summed E-state index contributed by atoms with van der Waals surface area (Å²) >= 11 is 9.78. The van der Waals surface area contributed by atoms with Gasteiger partial charge in [-0.05, 0) is 47.4 Å². The van der Waals surface area contributed by atoms with Crippen molar-refractivity contribution in [1.82, 2.24) is 9.78 Å². The van der Waals surface area contributed by atoms with E-state index in [2.05, 4.69) is 21.0 Å². The standard InChI is InChI=1S/C19H16BrClN2O2/c1-25-19(24)14-8-6-13(7-9-14)12-16-15(18(20)21)4-2-5-17(16)23-11-3-10-22-23/h2-11,18H,12H2,1H3. The fraction of sp³-hybridized carbons (Fsp3) is 0.158. The van der Waals surface area contributed by atoms with Crippen molar-refractivity contribution < 1.29 is 9.53 Å². The smallest absolute Gasteiger partial charge is 0.337 e. The summed E-state index contributed by atoms with van der Waals surface area (Å²) in [4.78, 5) is 11.6. The molecule has 128 valence electrons. The molecule has 0 bridgehead atoms. The molecule has 1 heterocycles. The molecule has 1 unspecified atom stereocenters. The lowest BCUT2D eigenvalue weighted by Crippen LogP contribution is -2.05. The van der Waals surface area contributed by atoms with Crippen LogP contribution in [0.2, 0.25) is 0 Å². The highest BCUT2D eigenvalue weighted by molar-refractivity contribution is 9.09. The number of ether oxygens (including phenoxy) is 1. The highest BCUT2D eigenvalue weighted by Gasteiger charge is 2.16. The summed E-state index contributed by atoms with van der Waals surface area (Å²) in [6, 6.07) is 15.2. The Morgan fingerprint density at radius 3 is 2.60 bits per heavy atom. The molecule has 4 nitrogen and oxygen atoms in total. The molecule has 0 saturated carbocycles. The molecule has 25 heavy (non-hydrogen) atoms. The van der Waals surface area contributed by atoms with E-state index in [1.165, 1.54) is 7.11 Å². The molecule has 0 N–H and O–H groups in total. The van der Waals surface area contributed by atoms with Crippen molar-refractivity contribution >= 4 is 33.5 Å². The number of hydrogen-bond donors (Lipinski definition) is 0. The first-order valence-electron chi connectivity index (χ1n) is 7.67. The zero-order valence-electron chi connectivity index (χ0n) is 13.5. The molecule has 0 aliphatic rings. The van der Waals surface area contributed by atoms with Gasteiger partial charge in [-0.3, -0.25) is 0 Å². The first-order chi connectivity index (χ1) is 12.1. The van der Waals surface area contributed by atoms with E-state index in [0.29, 0.717) is 12.0 Å². The van der Waals surface area contributed by atoms with Crippen LogP contribution in [0.5, 0.6) is 0 Å². The Hall–Kier alpha value is -2.11. The van der Waals surface area contributed by atoms with Gasteiger partial charge < -0.3 is 4.74 Å². The first kappa shape index (κ1) is 17.7. The molecule has 3 rings (SSSR count). The fourth-order valence-electron chi connectivity index (χ4n) is 2.70. The van der Waals surface area contributed by atoms with Crippen LogP contribution in [0.15, 0.2) is 60.9 Å². The van der Waals surface area contributed by atoms with Crippen molar-refractivity contribution in [2.45, 2.75) is 10.7 Å². The minimum Gasteiger partial charge on any atom is -0.465 e. The molecule has 0 amide bonds. The number of carbonyl (C=O) groups excluding carboxylic acids is 1. The summed E-state index contributed by atoms with van der Waals surface area (Å²) in [5, 5.41) is 4.33. The van der Waals surface area contributed by atoms with E-state index in [9.17, 15) is 4.79 Å². The second-order valence-electron chi connectivity index (χ2n) is 5.46. The van der Waals surface area contributed by atoms with Gasteiger partial charge in [0, 0.05) is 12.4 Å². The van der Waals surface area contributed by atoms with Crippen LogP contribution in [0.3, 0.4) is 0 Å². The highest BCUT2D eigenvalue weighted by Crippen LogP contribution is 2.34. The van der Waals surface area contributed by atoms with Crippen molar-refractivity contribution in [3.05, 3.63) is 83.2 Å². The van der Waals surface area contributed by atoms with Crippen molar-refractivity contribution in [2.75, 3.05) is 7.11 Å². The van der Waals surface area contributed by atoms with Crippen LogP contribution >= 0.6 is 27.5 Å². The summed E-state index contributed by atoms with van der Waals surface area (Å²) in [6.45, 7) is 0. The Balaban J connectivity index is 1.99. The molecule has 6 heteroatoms. The number of rotatable bonds is 5. The van der Waals surface area contributed by atoms with Gasteiger partial charge >= 0.3 is 5.97 Å². The lowest BCUT2D eigenvalue weighted by molar-refractivity contribution is 0.0600. The molecule has 0 fully saturated rings. The van der Waals surface area contributed by atoms with E-state index < -0.39 is 0 Å². The van der Waals surface area contributed by atoms with Gasteiger partial charge in [0.1, 0.15) is 4.29 Å². The zero-order valence-corrected chi connectivity index (χ0v) is 15.9. The minimum absolute atomic E-state index is 0.299. The van der Waals surface area contributed by atoms with E-state index >= 15 is 0 Å². The largest absolute Gasteiger partial charge is 0.465 e. The van der Waals surface area contributed by atoms with E-state index in [1.807, 2.05) is 47.3 Å². The summed E-state index contributed by atoms with van der Waals surface area (Å²) in [5.41, 5.74) is 4.64. The molecular weight excluding hydrogens is 404 g/mol. The van der Waals surface area contributed by atoms with Crippen molar-refractivity contribution in [3.63, 3.8) is 0 Å². The molecule has 0 aliphatic heterocycles. The second kappa shape index (κ2) is 7.85. The van der Waals surface area contributed by atoms with E-state index in [0.717, 1.165) is 22.4 Å². The SMILES string of the molecule is COC(=O)c1ccc(Cc2c(C(Cl)Br)cccc2-n2cccn2)cc1. The maximum Gasteiger partial charge on any atom is 0.337 e. The number of nitrogens with zero attached hydrogens (tertiary/aromatic N) is 2. The lowest BCUT2D eigenvalue weighted by Gasteiger charge is -2.16. The molecule has 0 radical (unpaired) electrons. The van der Waals surface area contributed by atoms with Crippen LogP contribution in [0, 0.1) is 0 Å². The van der Waals surface area contributed by atoms with E-state index in [1.54, 1.807) is 18.3 Å². The Labute approximate surface area is 159 Å². The minimum atomic E-state index is -0.342. The van der Waals surface area contributed by atoms with Gasteiger partial charge in [0.15, 0.2) is 0 Å². The number of aromatic nitrogens is 2. The molecule has 2 aromatic carbocycles. The van der Waals surface area contributed by atoms with Crippen LogP contribution in [0.25, 0.3) is 5.69 Å². The summed E-state index contributed by atoms with van der Waals surface area (Å²) in [7, 11) is 1.37. The van der Waals surface area contributed by atoms with E-state index in [-0.39, 0.29) is 10.3 Å². The third-order valence-electron chi connectivity index (χ3n) is 3.93. The topological polar surface area (TPSA) is 44.1 Å². The Bertz CT molecular complexity index is 862. The van der Waals surface area contributed by atoms with Crippen LogP contribution in [-0.2, 0) is 11.2 Å². The lowest BCUT2D eigenvalue weighted by atomic mass is 9.98. The van der Waals surface area contributed by atoms with Gasteiger partial charge in [-0.25, -0.2) is 9.48 Å². The maximum absolute atomic E-state index is 11.6. The first-order valence-corrected chi connectivity index (χ1v) is 9.02. The van der Waals surface area contributed by atoms with Gasteiger partial charge in [-0.1, -0.05) is 40.2 Å².